The fourth-order valence-corrected chi connectivity index (χ4v) is 6.92. The second-order valence-corrected chi connectivity index (χ2v) is 11.7. The molecule has 10 nitrogen and oxygen atoms in total. The summed E-state index contributed by atoms with van der Waals surface area (Å²) < 4.78 is 11.8. The number of rotatable bonds is 10. The summed E-state index contributed by atoms with van der Waals surface area (Å²) in [6, 6.07) is 9.18. The number of anilines is 1. The number of allylic oxidation sites excluding steroid dienone is 2. The highest BCUT2D eigenvalue weighted by Crippen LogP contribution is 2.52. The Morgan fingerprint density at radius 2 is 1.98 bits per heavy atom. The SMILES string of the molecule is CCC/C(=C\c1ccc(CO)o1)CC[C@H]1OB(O)C[C@H]2C1=C(C(C)C)C[C@H]1C(=O)N(c3cccc([N+](=O)[O-])c3)C(=O)[C@H]12. The third-order valence-corrected chi connectivity index (χ3v) is 8.72. The van der Waals surface area contributed by atoms with Crippen LogP contribution in [0.3, 0.4) is 0 Å². The van der Waals surface area contributed by atoms with Crippen molar-refractivity contribution in [3.63, 3.8) is 0 Å². The highest BCUT2D eigenvalue weighted by molar-refractivity contribution is 6.43. The Morgan fingerprint density at radius 1 is 1.19 bits per heavy atom. The number of amides is 2. The van der Waals surface area contributed by atoms with Crippen molar-refractivity contribution in [3.05, 3.63) is 74.8 Å². The smallest absolute Gasteiger partial charge is 0.455 e. The molecule has 1 aromatic carbocycles. The first-order valence-electron chi connectivity index (χ1n) is 14.7. The molecule has 5 rings (SSSR count). The van der Waals surface area contributed by atoms with Gasteiger partial charge in [0.25, 0.3) is 5.69 Å². The molecule has 1 aromatic heterocycles. The Bertz CT molecular complexity index is 1430. The van der Waals surface area contributed by atoms with Crippen LogP contribution in [0.4, 0.5) is 11.4 Å². The Hall–Kier alpha value is -3.54. The second-order valence-electron chi connectivity index (χ2n) is 11.7. The molecule has 3 aliphatic rings. The number of carbonyl (C=O) groups excluding carboxylic acids is 2. The quantitative estimate of drug-likeness (QED) is 0.128. The van der Waals surface area contributed by atoms with Crippen LogP contribution >= 0.6 is 0 Å². The van der Waals surface area contributed by atoms with Gasteiger partial charge in [-0.25, -0.2) is 4.90 Å². The third-order valence-electron chi connectivity index (χ3n) is 8.72. The zero-order chi connectivity index (χ0) is 30.1. The van der Waals surface area contributed by atoms with E-state index in [-0.39, 0.29) is 48.0 Å². The molecule has 11 heteroatoms. The summed E-state index contributed by atoms with van der Waals surface area (Å²) in [5.41, 5.74) is 3.25. The van der Waals surface area contributed by atoms with Crippen molar-refractivity contribution in [1.82, 2.24) is 0 Å². The van der Waals surface area contributed by atoms with Crippen LogP contribution in [0.15, 0.2) is 57.5 Å². The first-order chi connectivity index (χ1) is 20.1. The molecule has 0 unspecified atom stereocenters. The molecule has 3 heterocycles. The number of benzene rings is 1. The summed E-state index contributed by atoms with van der Waals surface area (Å²) >= 11 is 0. The first-order valence-corrected chi connectivity index (χ1v) is 14.7. The molecule has 0 radical (unpaired) electrons. The Morgan fingerprint density at radius 3 is 2.64 bits per heavy atom. The zero-order valence-corrected chi connectivity index (χ0v) is 24.2. The molecule has 0 bridgehead atoms. The maximum absolute atomic E-state index is 13.9. The van der Waals surface area contributed by atoms with Crippen LogP contribution in [0, 0.1) is 33.8 Å². The lowest BCUT2D eigenvalue weighted by molar-refractivity contribution is -0.384. The van der Waals surface area contributed by atoms with Crippen molar-refractivity contribution < 1.29 is 33.7 Å². The van der Waals surface area contributed by atoms with Crippen LogP contribution in [0.5, 0.6) is 0 Å². The number of furan rings is 1. The van der Waals surface area contributed by atoms with Crippen LogP contribution in [0.25, 0.3) is 6.08 Å². The molecule has 0 saturated carbocycles. The molecule has 2 aliphatic heterocycles. The van der Waals surface area contributed by atoms with Crippen LogP contribution < -0.4 is 4.90 Å². The third kappa shape index (κ3) is 5.73. The standard InChI is InChI=1S/C31H37BN2O8/c1-4-6-19(13-22-10-11-23(17-35)41-22)9-12-27-28-24(18(2)3)15-25-29(26(28)16-32(38)42-27)31(37)33(30(25)36)20-7-5-8-21(14-20)34(39)40/h5,7-8,10-11,13-14,18,25-27,29,35,38H,4,6,9,12,15-17H2,1-3H3/b19-13+/t25-,26+,27-,29-/m1/s1. The van der Waals surface area contributed by atoms with Gasteiger partial charge in [0.05, 0.1) is 28.6 Å². The minimum absolute atomic E-state index is 0.102. The molecule has 2 fully saturated rings. The number of hydrogen-bond acceptors (Lipinski definition) is 8. The highest BCUT2D eigenvalue weighted by atomic mass is 16.6. The Balaban J connectivity index is 1.45. The lowest BCUT2D eigenvalue weighted by atomic mass is 9.57. The van der Waals surface area contributed by atoms with Crippen molar-refractivity contribution in [3.8, 4) is 0 Å². The van der Waals surface area contributed by atoms with E-state index in [1.54, 1.807) is 12.1 Å². The lowest BCUT2D eigenvalue weighted by Gasteiger charge is -2.44. The number of aliphatic hydroxyl groups is 1. The van der Waals surface area contributed by atoms with Gasteiger partial charge in [0.15, 0.2) is 0 Å². The summed E-state index contributed by atoms with van der Waals surface area (Å²) in [5, 5.41) is 31.6. The van der Waals surface area contributed by atoms with Gasteiger partial charge < -0.3 is 19.2 Å². The number of carbonyl (C=O) groups is 2. The largest absolute Gasteiger partial charge is 0.459 e. The van der Waals surface area contributed by atoms with E-state index in [4.69, 9.17) is 9.07 Å². The van der Waals surface area contributed by atoms with E-state index >= 15 is 0 Å². The topological polar surface area (TPSA) is 143 Å². The summed E-state index contributed by atoms with van der Waals surface area (Å²) in [6.07, 6.45) is 5.24. The van der Waals surface area contributed by atoms with E-state index in [9.17, 15) is 29.8 Å². The molecule has 2 N–H and O–H groups in total. The maximum Gasteiger partial charge on any atom is 0.455 e. The fourth-order valence-electron chi connectivity index (χ4n) is 6.92. The van der Waals surface area contributed by atoms with Crippen LogP contribution in [0.2, 0.25) is 6.32 Å². The molecule has 1 aliphatic carbocycles. The van der Waals surface area contributed by atoms with Crippen molar-refractivity contribution in [1.29, 1.82) is 0 Å². The molecule has 4 atom stereocenters. The van der Waals surface area contributed by atoms with Crippen molar-refractivity contribution in [2.45, 2.75) is 71.9 Å². The van der Waals surface area contributed by atoms with Gasteiger partial charge in [0.2, 0.25) is 11.8 Å². The lowest BCUT2D eigenvalue weighted by Crippen LogP contribution is -2.46. The maximum atomic E-state index is 13.9. The van der Waals surface area contributed by atoms with Gasteiger partial charge in [-0.1, -0.05) is 44.4 Å². The summed E-state index contributed by atoms with van der Waals surface area (Å²) in [5.74, 6) is -1.09. The average Bonchev–Trinajstić information content (AvgIpc) is 3.52. The highest BCUT2D eigenvalue weighted by Gasteiger charge is 2.58. The van der Waals surface area contributed by atoms with E-state index in [2.05, 4.69) is 20.8 Å². The molecule has 2 aromatic rings. The van der Waals surface area contributed by atoms with Crippen LogP contribution in [-0.4, -0.2) is 40.1 Å². The summed E-state index contributed by atoms with van der Waals surface area (Å²) in [6.45, 7) is 6.07. The molecule has 0 spiro atoms. The van der Waals surface area contributed by atoms with Gasteiger partial charge in [0.1, 0.15) is 18.1 Å². The predicted octanol–water partition coefficient (Wildman–Crippen LogP) is 5.30. The van der Waals surface area contributed by atoms with Crippen LogP contribution in [-0.2, 0) is 20.9 Å². The summed E-state index contributed by atoms with van der Waals surface area (Å²) in [7, 11) is -1.08. The number of nitro groups is 1. The average molecular weight is 576 g/mol. The zero-order valence-electron chi connectivity index (χ0n) is 24.2. The van der Waals surface area contributed by atoms with Crippen molar-refractivity contribution >= 4 is 36.4 Å². The minimum atomic E-state index is -1.08. The molecular weight excluding hydrogens is 539 g/mol. The van der Waals surface area contributed by atoms with Crippen molar-refractivity contribution in [2.75, 3.05) is 4.90 Å². The number of non-ortho nitro benzene ring substituents is 1. The van der Waals surface area contributed by atoms with Gasteiger partial charge in [-0.3, -0.25) is 19.7 Å². The number of fused-ring (bicyclic) bond motifs is 3. The molecule has 2 amide bonds. The number of nitro benzene ring substituents is 1. The molecular formula is C31H37BN2O8. The van der Waals surface area contributed by atoms with Gasteiger partial charge in [-0.05, 0) is 73.7 Å². The molecule has 2 saturated heterocycles. The van der Waals surface area contributed by atoms with E-state index in [0.717, 1.165) is 34.5 Å². The Labute approximate surface area is 245 Å². The van der Waals surface area contributed by atoms with E-state index in [1.165, 1.54) is 18.2 Å². The van der Waals surface area contributed by atoms with Crippen LogP contribution in [0.1, 0.15) is 64.4 Å². The van der Waals surface area contributed by atoms with E-state index in [0.29, 0.717) is 30.8 Å². The van der Waals surface area contributed by atoms with E-state index < -0.39 is 30.0 Å². The van der Waals surface area contributed by atoms with Gasteiger partial charge in [0, 0.05) is 12.1 Å². The number of imide groups is 1. The predicted molar refractivity (Wildman–Crippen MR) is 157 cm³/mol. The molecule has 42 heavy (non-hydrogen) atoms. The number of hydrogen-bond donors (Lipinski definition) is 2. The van der Waals surface area contributed by atoms with Gasteiger partial charge in [-0.2, -0.15) is 0 Å². The normalized spacial score (nSPS) is 24.5. The number of aliphatic hydroxyl groups excluding tert-OH is 1. The van der Waals surface area contributed by atoms with Crippen molar-refractivity contribution in [2.24, 2.45) is 23.7 Å². The second kappa shape index (κ2) is 12.4. The monoisotopic (exact) mass is 576 g/mol. The minimum Gasteiger partial charge on any atom is -0.459 e. The van der Waals surface area contributed by atoms with Gasteiger partial charge >= 0.3 is 7.12 Å². The Kier molecular flexibility index (Phi) is 8.82. The number of nitrogens with zero attached hydrogens (tertiary/aromatic N) is 2. The first kappa shape index (κ1) is 29.9. The fraction of sp³-hybridized carbons (Fsp3) is 0.484. The summed E-state index contributed by atoms with van der Waals surface area (Å²) in [4.78, 5) is 39.6. The van der Waals surface area contributed by atoms with Gasteiger partial charge in [-0.15, -0.1) is 0 Å². The van der Waals surface area contributed by atoms with E-state index in [1.807, 2.05) is 12.1 Å². The molecule has 222 valence electrons.